The lowest BCUT2D eigenvalue weighted by Crippen LogP contribution is -2.82. The first kappa shape index (κ1) is 19.1. The van der Waals surface area contributed by atoms with Gasteiger partial charge in [0.1, 0.15) is 17.0 Å². The summed E-state index contributed by atoms with van der Waals surface area (Å²) in [4.78, 5) is 11.4. The van der Waals surface area contributed by atoms with Crippen molar-refractivity contribution in [2.45, 2.75) is 50.3 Å². The number of hydrogen-bond donors (Lipinski definition) is 0. The molecular weight excluding hydrogens is 312 g/mol. The van der Waals surface area contributed by atoms with Crippen LogP contribution in [0.15, 0.2) is 24.3 Å². The second kappa shape index (κ2) is 6.28. The van der Waals surface area contributed by atoms with Crippen LogP contribution in [-0.4, -0.2) is 45.2 Å². The van der Waals surface area contributed by atoms with Crippen molar-refractivity contribution < 1.29 is 28.7 Å². The Morgan fingerprint density at radius 1 is 0.875 bits per heavy atom. The highest BCUT2D eigenvalue weighted by atomic mass is 17.3. The molecule has 24 heavy (non-hydrogen) atoms. The largest absolute Gasteiger partial charge is 0.497 e. The zero-order valence-electron chi connectivity index (χ0n) is 15.8. The van der Waals surface area contributed by atoms with Crippen LogP contribution in [0.2, 0.25) is 0 Å². The average molecular weight is 340 g/mol. The molecule has 0 radical (unpaired) electrons. The lowest BCUT2D eigenvalue weighted by atomic mass is 9.65. The molecular formula is C18H28O6. The number of ether oxygens (including phenoxy) is 4. The van der Waals surface area contributed by atoms with E-state index < -0.39 is 22.6 Å². The van der Waals surface area contributed by atoms with E-state index in [1.54, 1.807) is 28.4 Å². The quantitative estimate of drug-likeness (QED) is 0.711. The molecule has 1 aromatic carbocycles. The minimum absolute atomic E-state index is 0.693. The van der Waals surface area contributed by atoms with E-state index in [4.69, 9.17) is 28.7 Å². The van der Waals surface area contributed by atoms with Crippen molar-refractivity contribution in [1.82, 2.24) is 0 Å². The number of methoxy groups -OCH3 is 4. The van der Waals surface area contributed by atoms with Crippen molar-refractivity contribution in [3.8, 4) is 5.75 Å². The molecule has 6 nitrogen and oxygen atoms in total. The lowest BCUT2D eigenvalue weighted by Gasteiger charge is -2.65. The third-order valence-corrected chi connectivity index (χ3v) is 5.20. The summed E-state index contributed by atoms with van der Waals surface area (Å²) in [5, 5.41) is 0. The molecule has 0 aromatic heterocycles. The Morgan fingerprint density at radius 3 is 1.83 bits per heavy atom. The molecule has 1 aliphatic heterocycles. The maximum atomic E-state index is 5.89. The molecule has 1 heterocycles. The van der Waals surface area contributed by atoms with E-state index in [0.717, 1.165) is 5.56 Å². The second-order valence-corrected chi connectivity index (χ2v) is 6.83. The molecule has 1 saturated heterocycles. The Bertz CT molecular complexity index is 563. The van der Waals surface area contributed by atoms with Gasteiger partial charge in [0.05, 0.1) is 7.11 Å². The predicted molar refractivity (Wildman–Crippen MR) is 88.8 cm³/mol. The van der Waals surface area contributed by atoms with Gasteiger partial charge in [-0.15, -0.1) is 0 Å². The molecule has 0 N–H and O–H groups in total. The summed E-state index contributed by atoms with van der Waals surface area (Å²) in [5.74, 6) is -0.528. The summed E-state index contributed by atoms with van der Waals surface area (Å²) in [6.07, 6.45) is 0. The average Bonchev–Trinajstić information content (AvgIpc) is 2.55. The summed E-state index contributed by atoms with van der Waals surface area (Å²) in [6.45, 7) is 7.68. The highest BCUT2D eigenvalue weighted by molar-refractivity contribution is 5.37. The van der Waals surface area contributed by atoms with Crippen LogP contribution in [0.5, 0.6) is 5.75 Å². The van der Waals surface area contributed by atoms with Crippen LogP contribution in [-0.2, 0) is 29.8 Å². The molecule has 136 valence electrons. The number of rotatable bonds is 7. The summed E-state index contributed by atoms with van der Waals surface area (Å²) in [7, 11) is 6.44. The van der Waals surface area contributed by atoms with E-state index in [-0.39, 0.29) is 0 Å². The summed E-state index contributed by atoms with van der Waals surface area (Å²) in [5.41, 5.74) is -1.89. The SMILES string of the molecule is COc1cccc(C2(OC)OOC2(C(C)(C)OC)C(C)(C)OC)c1. The van der Waals surface area contributed by atoms with E-state index in [2.05, 4.69) is 0 Å². The first-order valence-corrected chi connectivity index (χ1v) is 7.85. The van der Waals surface area contributed by atoms with Crippen LogP contribution < -0.4 is 4.74 Å². The molecule has 1 aliphatic rings. The Kier molecular flexibility index (Phi) is 5.01. The molecule has 6 heteroatoms. The van der Waals surface area contributed by atoms with Gasteiger partial charge in [-0.3, -0.25) is 0 Å². The third kappa shape index (κ3) is 2.29. The Morgan fingerprint density at radius 2 is 1.46 bits per heavy atom. The van der Waals surface area contributed by atoms with Crippen molar-refractivity contribution in [1.29, 1.82) is 0 Å². The Balaban J connectivity index is 2.71. The smallest absolute Gasteiger partial charge is 0.266 e. The fourth-order valence-corrected chi connectivity index (χ4v) is 3.58. The summed E-state index contributed by atoms with van der Waals surface area (Å²) >= 11 is 0. The maximum Gasteiger partial charge on any atom is 0.266 e. The van der Waals surface area contributed by atoms with Crippen molar-refractivity contribution in [2.75, 3.05) is 28.4 Å². The van der Waals surface area contributed by atoms with Gasteiger partial charge in [-0.1, -0.05) is 12.1 Å². The van der Waals surface area contributed by atoms with Crippen LogP contribution >= 0.6 is 0 Å². The first-order chi connectivity index (χ1) is 11.2. The van der Waals surface area contributed by atoms with Gasteiger partial charge in [0.25, 0.3) is 5.79 Å². The highest BCUT2D eigenvalue weighted by Crippen LogP contribution is 2.61. The van der Waals surface area contributed by atoms with E-state index in [0.29, 0.717) is 5.75 Å². The Labute approximate surface area is 143 Å². The number of hydrogen-bond acceptors (Lipinski definition) is 6. The minimum atomic E-state index is -1.22. The van der Waals surface area contributed by atoms with Crippen LogP contribution in [0.1, 0.15) is 33.3 Å². The molecule has 0 bridgehead atoms. The fourth-order valence-electron chi connectivity index (χ4n) is 3.58. The van der Waals surface area contributed by atoms with E-state index in [9.17, 15) is 0 Å². The molecule has 0 spiro atoms. The molecule has 1 unspecified atom stereocenters. The summed E-state index contributed by atoms with van der Waals surface area (Å²) < 4.78 is 22.8. The van der Waals surface area contributed by atoms with Gasteiger partial charge in [0.15, 0.2) is 0 Å². The monoisotopic (exact) mass is 340 g/mol. The standard InChI is InChI=1S/C18H28O6/c1-15(2,20-6)18(16(3,4)21-7)17(22-8,23-24-18)13-10-9-11-14(12-13)19-5/h9-12H,1-8H3. The Hall–Kier alpha value is -1.18. The molecule has 0 saturated carbocycles. The lowest BCUT2D eigenvalue weighted by molar-refractivity contribution is -0.655. The zero-order chi connectivity index (χ0) is 18.2. The zero-order valence-corrected chi connectivity index (χ0v) is 15.8. The molecule has 1 fully saturated rings. The first-order valence-electron chi connectivity index (χ1n) is 7.85. The van der Waals surface area contributed by atoms with Gasteiger partial charge in [-0.25, -0.2) is 4.89 Å². The topological polar surface area (TPSA) is 55.4 Å². The third-order valence-electron chi connectivity index (χ3n) is 5.20. The van der Waals surface area contributed by atoms with Gasteiger partial charge in [-0.05, 0) is 39.8 Å². The number of benzene rings is 1. The van der Waals surface area contributed by atoms with Gasteiger partial charge < -0.3 is 18.9 Å². The molecule has 0 amide bonds. The van der Waals surface area contributed by atoms with Crippen molar-refractivity contribution in [3.63, 3.8) is 0 Å². The van der Waals surface area contributed by atoms with E-state index >= 15 is 0 Å². The van der Waals surface area contributed by atoms with Gasteiger partial charge in [0.2, 0.25) is 5.60 Å². The highest BCUT2D eigenvalue weighted by Gasteiger charge is 2.79. The van der Waals surface area contributed by atoms with E-state index in [1.165, 1.54) is 0 Å². The van der Waals surface area contributed by atoms with Crippen molar-refractivity contribution >= 4 is 0 Å². The van der Waals surface area contributed by atoms with E-state index in [1.807, 2.05) is 52.0 Å². The summed E-state index contributed by atoms with van der Waals surface area (Å²) in [6, 6.07) is 7.50. The van der Waals surface area contributed by atoms with Gasteiger partial charge in [-0.2, -0.15) is 4.89 Å². The van der Waals surface area contributed by atoms with Crippen LogP contribution in [0.4, 0.5) is 0 Å². The van der Waals surface area contributed by atoms with Gasteiger partial charge in [0, 0.05) is 26.9 Å². The van der Waals surface area contributed by atoms with Crippen molar-refractivity contribution in [2.24, 2.45) is 0 Å². The van der Waals surface area contributed by atoms with Gasteiger partial charge >= 0.3 is 0 Å². The molecule has 1 atom stereocenters. The maximum absolute atomic E-state index is 5.89. The molecule has 1 aromatic rings. The molecule has 2 rings (SSSR count). The van der Waals surface area contributed by atoms with Crippen LogP contribution in [0.3, 0.4) is 0 Å². The fraction of sp³-hybridized carbons (Fsp3) is 0.667. The molecule has 0 aliphatic carbocycles. The minimum Gasteiger partial charge on any atom is -0.497 e. The van der Waals surface area contributed by atoms with Crippen molar-refractivity contribution in [3.05, 3.63) is 29.8 Å². The van der Waals surface area contributed by atoms with Crippen LogP contribution in [0.25, 0.3) is 0 Å². The van der Waals surface area contributed by atoms with Crippen LogP contribution in [0, 0.1) is 0 Å². The second-order valence-electron chi connectivity index (χ2n) is 6.83. The normalized spacial score (nSPS) is 23.7. The predicted octanol–water partition coefficient (Wildman–Crippen LogP) is 3.05.